The number of carbonyl (C=O) groups is 6. The maximum Gasteiger partial charge on any atom is 0.255 e. The zero-order valence-electron chi connectivity index (χ0n) is 39.2. The highest BCUT2D eigenvalue weighted by Gasteiger charge is 2.44. The summed E-state index contributed by atoms with van der Waals surface area (Å²) in [5.74, 6) is -0.985. The number of likely N-dealkylation sites (tertiary alicyclic amines) is 1. The summed E-state index contributed by atoms with van der Waals surface area (Å²) in [5.41, 5.74) is 11.7. The number of hydrogen-bond acceptors (Lipinski definition) is 11. The fourth-order valence-corrected chi connectivity index (χ4v) is 8.54. The third-order valence-corrected chi connectivity index (χ3v) is 12.4. The lowest BCUT2D eigenvalue weighted by atomic mass is 9.85. The average Bonchev–Trinajstić information content (AvgIpc) is 3.91. The van der Waals surface area contributed by atoms with E-state index in [9.17, 15) is 33.9 Å². The van der Waals surface area contributed by atoms with Crippen molar-refractivity contribution in [3.05, 3.63) is 89.1 Å². The van der Waals surface area contributed by atoms with Crippen LogP contribution >= 0.6 is 11.3 Å². The van der Waals surface area contributed by atoms with Gasteiger partial charge in [-0.2, -0.15) is 0 Å². The van der Waals surface area contributed by atoms with E-state index in [4.69, 9.17) is 10.5 Å². The number of amides is 6. The van der Waals surface area contributed by atoms with E-state index < -0.39 is 35.4 Å². The van der Waals surface area contributed by atoms with Crippen LogP contribution in [0, 0.1) is 12.3 Å². The number of aryl methyl sites for hydroxylation is 1. The van der Waals surface area contributed by atoms with Crippen molar-refractivity contribution in [2.45, 2.75) is 124 Å². The largest absolute Gasteiger partial charge is 0.493 e. The number of benzene rings is 3. The first kappa shape index (κ1) is 51.7. The number of rotatable bonds is 23. The number of hydrogen-bond donors (Lipinski definition) is 7. The number of thiazole rings is 1. The molecule has 17 heteroatoms. The Kier molecular flexibility index (Phi) is 19.3. The first-order chi connectivity index (χ1) is 32.0. The van der Waals surface area contributed by atoms with E-state index >= 15 is 0 Å². The van der Waals surface area contributed by atoms with Crippen LogP contribution in [0.15, 0.2) is 72.2 Å². The zero-order valence-corrected chi connectivity index (χ0v) is 40.1. The van der Waals surface area contributed by atoms with Gasteiger partial charge in [0.05, 0.1) is 40.2 Å². The van der Waals surface area contributed by atoms with E-state index in [1.54, 1.807) is 54.0 Å². The number of aliphatic hydroxyl groups is 1. The second kappa shape index (κ2) is 25.0. The zero-order chi connectivity index (χ0) is 48.5. The van der Waals surface area contributed by atoms with Crippen molar-refractivity contribution in [3.63, 3.8) is 0 Å². The molecule has 2 heterocycles. The van der Waals surface area contributed by atoms with E-state index in [-0.39, 0.29) is 43.1 Å². The van der Waals surface area contributed by atoms with Crippen molar-refractivity contribution < 1.29 is 38.6 Å². The second-order valence-corrected chi connectivity index (χ2v) is 18.9. The summed E-state index contributed by atoms with van der Waals surface area (Å²) >= 11 is 1.52. The summed E-state index contributed by atoms with van der Waals surface area (Å²) in [6, 6.07) is 17.7. The predicted molar refractivity (Wildman–Crippen MR) is 261 cm³/mol. The minimum atomic E-state index is -0.909. The molecule has 4 aromatic rings. The Labute approximate surface area is 397 Å². The number of para-hydroxylation sites is 2. The SMILES string of the molecule is CC(=O)N[C@H](C(=O)N1C[C@H](O)C[C@H]1C(=O)NCc1ccc(-c2scnc2C)cc1OCCCCNC(=O)CCCCCCCC(=O)Nc1ccc(C(=O)Nc2ccccc2N)cc1)C(C)(C)C. The molecule has 0 bridgehead atoms. The quantitative estimate of drug-likeness (QED) is 0.0306. The molecular weight excluding hydrogens is 873 g/mol. The minimum Gasteiger partial charge on any atom is -0.493 e. The lowest BCUT2D eigenvalue weighted by Crippen LogP contribution is -2.57. The Balaban J connectivity index is 0.983. The van der Waals surface area contributed by atoms with Crippen LogP contribution in [0.5, 0.6) is 5.75 Å². The van der Waals surface area contributed by atoms with E-state index in [0.717, 1.165) is 53.8 Å². The molecule has 3 aromatic carbocycles. The molecule has 360 valence electrons. The van der Waals surface area contributed by atoms with Gasteiger partial charge < -0.3 is 47.1 Å². The molecule has 5 rings (SSSR count). The Hall–Kier alpha value is -6.33. The molecule has 16 nitrogen and oxygen atoms in total. The molecule has 1 aliphatic heterocycles. The smallest absolute Gasteiger partial charge is 0.255 e. The van der Waals surface area contributed by atoms with Crippen molar-refractivity contribution >= 4 is 63.8 Å². The van der Waals surface area contributed by atoms with Crippen LogP contribution in [0.4, 0.5) is 17.1 Å². The van der Waals surface area contributed by atoms with E-state index in [1.165, 1.54) is 23.2 Å². The van der Waals surface area contributed by atoms with Gasteiger partial charge in [-0.05, 0) is 86.1 Å². The number of unbranched alkanes of at least 4 members (excludes halogenated alkanes) is 5. The third kappa shape index (κ3) is 15.9. The number of carbonyl (C=O) groups excluding carboxylic acids is 6. The van der Waals surface area contributed by atoms with Gasteiger partial charge in [0, 0.05) is 62.6 Å². The molecule has 67 heavy (non-hydrogen) atoms. The van der Waals surface area contributed by atoms with Gasteiger partial charge in [0.15, 0.2) is 0 Å². The number of nitrogens with two attached hydrogens (primary N) is 1. The molecule has 1 saturated heterocycles. The molecule has 0 spiro atoms. The number of aromatic nitrogens is 1. The van der Waals surface area contributed by atoms with Gasteiger partial charge in [0.2, 0.25) is 29.5 Å². The van der Waals surface area contributed by atoms with Gasteiger partial charge in [0.25, 0.3) is 5.91 Å². The van der Waals surface area contributed by atoms with E-state index in [0.29, 0.717) is 67.2 Å². The number of aliphatic hydroxyl groups excluding tert-OH is 1. The lowest BCUT2D eigenvalue weighted by molar-refractivity contribution is -0.143. The minimum absolute atomic E-state index is 0.00209. The second-order valence-electron chi connectivity index (χ2n) is 18.0. The summed E-state index contributed by atoms with van der Waals surface area (Å²) < 4.78 is 6.28. The van der Waals surface area contributed by atoms with Gasteiger partial charge in [-0.15, -0.1) is 11.3 Å². The van der Waals surface area contributed by atoms with Crippen molar-refractivity contribution in [1.29, 1.82) is 0 Å². The fraction of sp³-hybridized carbons (Fsp3) is 0.460. The maximum absolute atomic E-state index is 13.7. The highest BCUT2D eigenvalue weighted by molar-refractivity contribution is 7.13. The molecule has 0 aliphatic carbocycles. The number of ether oxygens (including phenoxy) is 1. The van der Waals surface area contributed by atoms with Crippen LogP contribution in [0.1, 0.15) is 114 Å². The van der Waals surface area contributed by atoms with Gasteiger partial charge in [0.1, 0.15) is 17.8 Å². The molecular formula is C50H66N8O8S. The molecule has 1 aromatic heterocycles. The highest BCUT2D eigenvalue weighted by atomic mass is 32.1. The van der Waals surface area contributed by atoms with Gasteiger partial charge in [-0.1, -0.05) is 64.3 Å². The van der Waals surface area contributed by atoms with E-state index in [1.807, 2.05) is 45.9 Å². The number of anilines is 3. The average molecular weight is 939 g/mol. The monoisotopic (exact) mass is 938 g/mol. The number of β-amino-alcohol motifs (C(OH)–C–C–N with tert-alkyl or cyclic N) is 1. The standard InChI is InChI=1S/C50H66N8O8S/c1-32-45(67-31-54-32)35-19-20-36(29-53-48(64)41-28-38(60)30-58(41)49(65)46(50(3,4)5)55-33(2)59)42(27-35)66-26-14-13-25-52-43(61)17-9-7-6-8-10-18-44(62)56-37-23-21-34(22-24-37)47(63)57-40-16-12-11-15-39(40)51/h11-12,15-16,19-24,27,31,38,41,46,60H,6-10,13-14,17-18,25-26,28-30,51H2,1-5H3,(H,52,61)(H,53,64)(H,55,59)(H,56,62)(H,57,63)/t38-,41+,46-/m1/s1. The van der Waals surface area contributed by atoms with Crippen LogP contribution in [-0.4, -0.2) is 88.3 Å². The predicted octanol–water partition coefficient (Wildman–Crippen LogP) is 6.73. The van der Waals surface area contributed by atoms with Crippen LogP contribution in [0.25, 0.3) is 10.4 Å². The summed E-state index contributed by atoms with van der Waals surface area (Å²) in [6.45, 7) is 9.79. The topological polar surface area (TPSA) is 234 Å². The Morgan fingerprint density at radius 3 is 2.25 bits per heavy atom. The maximum atomic E-state index is 13.7. The molecule has 0 unspecified atom stereocenters. The number of nitrogens with zero attached hydrogens (tertiary/aromatic N) is 2. The van der Waals surface area contributed by atoms with Gasteiger partial charge in [-0.25, -0.2) is 4.98 Å². The van der Waals surface area contributed by atoms with Gasteiger partial charge in [-0.3, -0.25) is 28.8 Å². The molecule has 1 aliphatic rings. The van der Waals surface area contributed by atoms with E-state index in [2.05, 4.69) is 31.6 Å². The van der Waals surface area contributed by atoms with Gasteiger partial charge >= 0.3 is 0 Å². The normalized spacial score (nSPS) is 15.0. The third-order valence-electron chi connectivity index (χ3n) is 11.5. The Bertz CT molecular complexity index is 2330. The van der Waals surface area contributed by atoms with Crippen molar-refractivity contribution in [3.8, 4) is 16.2 Å². The summed E-state index contributed by atoms with van der Waals surface area (Å²) in [6.07, 6.45) is 5.58. The lowest BCUT2D eigenvalue weighted by Gasteiger charge is -2.35. The number of nitrogens with one attached hydrogen (secondary N) is 5. The van der Waals surface area contributed by atoms with Crippen LogP contribution in [0.2, 0.25) is 0 Å². The summed E-state index contributed by atoms with van der Waals surface area (Å²) in [7, 11) is 0. The van der Waals surface area contributed by atoms with Crippen LogP contribution < -0.4 is 37.1 Å². The van der Waals surface area contributed by atoms with Crippen LogP contribution in [0.3, 0.4) is 0 Å². The molecule has 6 amide bonds. The first-order valence-electron chi connectivity index (χ1n) is 23.0. The molecule has 0 saturated carbocycles. The van der Waals surface area contributed by atoms with Crippen LogP contribution in [-0.2, 0) is 30.5 Å². The molecule has 8 N–H and O–H groups in total. The Morgan fingerprint density at radius 1 is 0.881 bits per heavy atom. The molecule has 1 fully saturated rings. The summed E-state index contributed by atoms with van der Waals surface area (Å²) in [5, 5.41) is 24.9. The number of nitrogen functional groups attached to an aromatic ring is 1. The van der Waals surface area contributed by atoms with Crippen molar-refractivity contribution in [2.24, 2.45) is 5.41 Å². The Morgan fingerprint density at radius 2 is 1.58 bits per heavy atom. The highest BCUT2D eigenvalue weighted by Crippen LogP contribution is 2.33. The first-order valence-corrected chi connectivity index (χ1v) is 23.9. The summed E-state index contributed by atoms with van der Waals surface area (Å²) in [4.78, 5) is 83.6. The fourth-order valence-electron chi connectivity index (χ4n) is 7.74. The molecule has 3 atom stereocenters. The van der Waals surface area contributed by atoms with Crippen molar-refractivity contribution in [1.82, 2.24) is 25.8 Å². The molecule has 0 radical (unpaired) electrons. The van der Waals surface area contributed by atoms with Crippen molar-refractivity contribution in [2.75, 3.05) is 36.1 Å².